The third kappa shape index (κ3) is 4.22. The normalized spacial score (nSPS) is 23.0. The quantitative estimate of drug-likeness (QED) is 0.835. The van der Waals surface area contributed by atoms with Gasteiger partial charge in [0.2, 0.25) is 0 Å². The van der Waals surface area contributed by atoms with Crippen LogP contribution < -0.4 is 4.90 Å². The fraction of sp³-hybridized carbons (Fsp3) is 0.647. The Kier molecular flexibility index (Phi) is 5.16. The number of nitriles is 1. The van der Waals surface area contributed by atoms with Crippen molar-refractivity contribution in [3.8, 4) is 6.07 Å². The predicted molar refractivity (Wildman–Crippen MR) is 86.2 cm³/mol. The van der Waals surface area contributed by atoms with Crippen LogP contribution in [0.25, 0.3) is 0 Å². The van der Waals surface area contributed by atoms with Gasteiger partial charge in [-0.2, -0.15) is 18.4 Å². The van der Waals surface area contributed by atoms with Gasteiger partial charge in [-0.05, 0) is 38.4 Å². The Bertz CT molecular complexity index is 650. The molecule has 0 aliphatic carbocycles. The van der Waals surface area contributed by atoms with Crippen molar-refractivity contribution in [2.45, 2.75) is 37.6 Å². The van der Waals surface area contributed by atoms with Crippen LogP contribution in [0.4, 0.5) is 19.0 Å². The summed E-state index contributed by atoms with van der Waals surface area (Å²) in [7, 11) is 2.09. The fourth-order valence-electron chi connectivity index (χ4n) is 3.37. The lowest BCUT2D eigenvalue weighted by Crippen LogP contribution is -2.36. The molecular formula is C17H21F3N4O. The zero-order valence-corrected chi connectivity index (χ0v) is 14.1. The Morgan fingerprint density at radius 3 is 2.48 bits per heavy atom. The molecule has 0 amide bonds. The molecule has 0 aromatic carbocycles. The molecule has 3 rings (SSSR count). The van der Waals surface area contributed by atoms with Crippen molar-refractivity contribution in [1.29, 1.82) is 5.26 Å². The van der Waals surface area contributed by atoms with Gasteiger partial charge >= 0.3 is 6.18 Å². The van der Waals surface area contributed by atoms with Gasteiger partial charge in [0, 0.05) is 26.2 Å². The molecule has 2 fully saturated rings. The Labute approximate surface area is 145 Å². The van der Waals surface area contributed by atoms with E-state index >= 15 is 0 Å². The molecule has 0 spiro atoms. The van der Waals surface area contributed by atoms with E-state index in [1.54, 1.807) is 11.0 Å². The molecule has 0 radical (unpaired) electrons. The molecule has 0 N–H and O–H groups in total. The highest BCUT2D eigenvalue weighted by Gasteiger charge is 2.37. The average molecular weight is 354 g/mol. The van der Waals surface area contributed by atoms with Crippen molar-refractivity contribution in [1.82, 2.24) is 9.88 Å². The second kappa shape index (κ2) is 7.18. The Balaban J connectivity index is 1.65. The smallest absolute Gasteiger partial charge is 0.373 e. The first-order valence-electron chi connectivity index (χ1n) is 8.44. The number of hydrogen-bond acceptors (Lipinski definition) is 5. The van der Waals surface area contributed by atoms with Crippen LogP contribution in [0, 0.1) is 11.3 Å². The molecule has 2 aliphatic heterocycles. The summed E-state index contributed by atoms with van der Waals surface area (Å²) >= 11 is 0. The predicted octanol–water partition coefficient (Wildman–Crippen LogP) is 2.66. The fourth-order valence-corrected chi connectivity index (χ4v) is 3.37. The summed E-state index contributed by atoms with van der Waals surface area (Å²) in [5.74, 6) is 0.251. The maximum atomic E-state index is 13.1. The minimum absolute atomic E-state index is 0.0141. The number of nitrogens with zero attached hydrogens (tertiary/aromatic N) is 4. The van der Waals surface area contributed by atoms with Crippen molar-refractivity contribution >= 4 is 5.82 Å². The lowest BCUT2D eigenvalue weighted by molar-refractivity contribution is -0.141. The van der Waals surface area contributed by atoms with Gasteiger partial charge in [-0.15, -0.1) is 0 Å². The van der Waals surface area contributed by atoms with E-state index in [9.17, 15) is 13.2 Å². The number of hydrogen-bond donors (Lipinski definition) is 0. The summed E-state index contributed by atoms with van der Waals surface area (Å²) in [6.07, 6.45) is -1.65. The van der Waals surface area contributed by atoms with E-state index in [1.165, 1.54) is 12.1 Å². The molecule has 0 saturated carbocycles. The molecular weight excluding hydrogens is 333 g/mol. The minimum atomic E-state index is -4.63. The number of pyridine rings is 1. The van der Waals surface area contributed by atoms with Gasteiger partial charge in [0.25, 0.3) is 0 Å². The van der Waals surface area contributed by atoms with Gasteiger partial charge in [0.1, 0.15) is 11.9 Å². The number of anilines is 1. The van der Waals surface area contributed by atoms with Gasteiger partial charge in [-0.3, -0.25) is 0 Å². The van der Waals surface area contributed by atoms with Crippen LogP contribution in [0.2, 0.25) is 0 Å². The van der Waals surface area contributed by atoms with Crippen molar-refractivity contribution in [2.75, 3.05) is 38.1 Å². The largest absolute Gasteiger partial charge is 0.434 e. The monoisotopic (exact) mass is 354 g/mol. The zero-order valence-electron chi connectivity index (χ0n) is 14.1. The number of rotatable bonds is 3. The number of alkyl halides is 3. The standard InChI is InChI=1S/C17H21F3N4O/c1-23-7-4-13(5-8-23)25-14-6-9-24(11-14)15-3-2-12(10-21)16(22-15)17(18,19)20/h2-3,13-14H,4-9,11H2,1H3. The van der Waals surface area contributed by atoms with Gasteiger partial charge in [0.05, 0.1) is 17.8 Å². The molecule has 136 valence electrons. The lowest BCUT2D eigenvalue weighted by Gasteiger charge is -2.30. The van der Waals surface area contributed by atoms with Crippen LogP contribution in [0.1, 0.15) is 30.5 Å². The van der Waals surface area contributed by atoms with Crippen molar-refractivity contribution in [2.24, 2.45) is 0 Å². The summed E-state index contributed by atoms with van der Waals surface area (Å²) in [6, 6.07) is 4.23. The first-order chi connectivity index (χ1) is 11.9. The molecule has 1 unspecified atom stereocenters. The molecule has 25 heavy (non-hydrogen) atoms. The summed E-state index contributed by atoms with van der Waals surface area (Å²) in [5.41, 5.74) is -1.57. The molecule has 8 heteroatoms. The van der Waals surface area contributed by atoms with Crippen molar-refractivity contribution < 1.29 is 17.9 Å². The second-order valence-corrected chi connectivity index (χ2v) is 6.67. The van der Waals surface area contributed by atoms with Crippen LogP contribution in [-0.2, 0) is 10.9 Å². The van der Waals surface area contributed by atoms with Gasteiger partial charge < -0.3 is 14.5 Å². The molecule has 1 aromatic rings. The number of aromatic nitrogens is 1. The number of halogens is 3. The molecule has 1 atom stereocenters. The Hall–Kier alpha value is -1.85. The van der Waals surface area contributed by atoms with E-state index in [1.807, 2.05) is 0 Å². The highest BCUT2D eigenvalue weighted by atomic mass is 19.4. The van der Waals surface area contributed by atoms with Crippen molar-refractivity contribution in [3.63, 3.8) is 0 Å². The minimum Gasteiger partial charge on any atom is -0.373 e. The maximum Gasteiger partial charge on any atom is 0.434 e. The molecule has 3 heterocycles. The average Bonchev–Trinajstić information content (AvgIpc) is 3.04. The van der Waals surface area contributed by atoms with Crippen LogP contribution in [0.3, 0.4) is 0 Å². The maximum absolute atomic E-state index is 13.1. The molecule has 5 nitrogen and oxygen atoms in total. The van der Waals surface area contributed by atoms with Crippen LogP contribution in [-0.4, -0.2) is 55.3 Å². The number of likely N-dealkylation sites (tertiary alicyclic amines) is 1. The van der Waals surface area contributed by atoms with Gasteiger partial charge in [0.15, 0.2) is 5.69 Å². The van der Waals surface area contributed by atoms with Gasteiger partial charge in [-0.25, -0.2) is 4.98 Å². The Morgan fingerprint density at radius 1 is 1.16 bits per heavy atom. The summed E-state index contributed by atoms with van der Waals surface area (Å²) in [6.45, 7) is 3.15. The number of piperidine rings is 1. The molecule has 2 saturated heterocycles. The summed E-state index contributed by atoms with van der Waals surface area (Å²) < 4.78 is 45.3. The van der Waals surface area contributed by atoms with Crippen LogP contribution in [0.15, 0.2) is 12.1 Å². The number of ether oxygens (including phenoxy) is 1. The molecule has 1 aromatic heterocycles. The van der Waals surface area contributed by atoms with E-state index in [-0.39, 0.29) is 18.0 Å². The summed E-state index contributed by atoms with van der Waals surface area (Å²) in [5, 5.41) is 8.85. The molecule has 2 aliphatic rings. The molecule has 0 bridgehead atoms. The van der Waals surface area contributed by atoms with Crippen molar-refractivity contribution in [3.05, 3.63) is 23.4 Å². The lowest BCUT2D eigenvalue weighted by atomic mass is 10.1. The van der Waals surface area contributed by atoms with E-state index in [0.717, 1.165) is 32.4 Å². The van der Waals surface area contributed by atoms with Crippen LogP contribution in [0.5, 0.6) is 0 Å². The van der Waals surface area contributed by atoms with Gasteiger partial charge in [-0.1, -0.05) is 0 Å². The first-order valence-corrected chi connectivity index (χ1v) is 8.44. The van der Waals surface area contributed by atoms with E-state index in [4.69, 9.17) is 10.00 Å². The second-order valence-electron chi connectivity index (χ2n) is 6.67. The van der Waals surface area contributed by atoms with Crippen LogP contribution >= 0.6 is 0 Å². The topological polar surface area (TPSA) is 52.4 Å². The summed E-state index contributed by atoms with van der Waals surface area (Å²) in [4.78, 5) is 7.77. The first kappa shape index (κ1) is 18.0. The van der Waals surface area contributed by atoms with E-state index in [2.05, 4.69) is 16.9 Å². The third-order valence-corrected chi connectivity index (χ3v) is 4.79. The zero-order chi connectivity index (χ0) is 18.0. The van der Waals surface area contributed by atoms with E-state index in [0.29, 0.717) is 13.1 Å². The SMILES string of the molecule is CN1CCC(OC2CCN(c3ccc(C#N)c(C(F)(F)F)n3)C2)CC1. The highest BCUT2D eigenvalue weighted by molar-refractivity contribution is 5.47. The highest BCUT2D eigenvalue weighted by Crippen LogP contribution is 2.32. The van der Waals surface area contributed by atoms with E-state index < -0.39 is 17.4 Å². The third-order valence-electron chi connectivity index (χ3n) is 4.79. The Morgan fingerprint density at radius 2 is 1.84 bits per heavy atom.